The first-order chi connectivity index (χ1) is 14.0. The van der Waals surface area contributed by atoms with Crippen molar-refractivity contribution in [2.75, 3.05) is 22.4 Å². The smallest absolute Gasteiger partial charge is 0.253 e. The fraction of sp³-hybridized carbons (Fsp3) is 0.333. The lowest BCUT2D eigenvalue weighted by Gasteiger charge is -2.24. The van der Waals surface area contributed by atoms with Gasteiger partial charge in [0.1, 0.15) is 6.54 Å². The van der Waals surface area contributed by atoms with Gasteiger partial charge in [0.05, 0.1) is 23.2 Å². The van der Waals surface area contributed by atoms with Crippen LogP contribution in [0.1, 0.15) is 36.2 Å². The minimum atomic E-state index is -3.76. The van der Waals surface area contributed by atoms with Crippen molar-refractivity contribution in [1.82, 2.24) is 5.32 Å². The largest absolute Gasteiger partial charge is 0.350 e. The molecule has 7 nitrogen and oxygen atoms in total. The Labute approximate surface area is 182 Å². The van der Waals surface area contributed by atoms with Crippen molar-refractivity contribution in [2.45, 2.75) is 33.2 Å². The van der Waals surface area contributed by atoms with Gasteiger partial charge >= 0.3 is 0 Å². The molecule has 0 radical (unpaired) electrons. The van der Waals surface area contributed by atoms with Gasteiger partial charge in [0.15, 0.2) is 0 Å². The van der Waals surface area contributed by atoms with Crippen LogP contribution in [0.3, 0.4) is 0 Å². The number of aryl methyl sites for hydroxylation is 1. The summed E-state index contributed by atoms with van der Waals surface area (Å²) in [6.45, 7) is 5.12. The summed E-state index contributed by atoms with van der Waals surface area (Å²) in [6, 6.07) is 11.4. The molecule has 0 saturated heterocycles. The summed E-state index contributed by atoms with van der Waals surface area (Å²) in [6.07, 6.45) is 1.79. The minimum Gasteiger partial charge on any atom is -0.350 e. The van der Waals surface area contributed by atoms with Crippen molar-refractivity contribution in [1.29, 1.82) is 0 Å². The Morgan fingerprint density at radius 3 is 2.47 bits per heavy atom. The number of amides is 2. The molecule has 2 N–H and O–H groups in total. The van der Waals surface area contributed by atoms with Crippen LogP contribution >= 0.6 is 11.6 Å². The van der Waals surface area contributed by atoms with Crippen molar-refractivity contribution in [3.8, 4) is 0 Å². The zero-order valence-electron chi connectivity index (χ0n) is 17.4. The molecule has 0 saturated carbocycles. The van der Waals surface area contributed by atoms with E-state index in [1.54, 1.807) is 43.3 Å². The summed E-state index contributed by atoms with van der Waals surface area (Å²) < 4.78 is 25.7. The van der Waals surface area contributed by atoms with Gasteiger partial charge in [-0.25, -0.2) is 8.42 Å². The highest BCUT2D eigenvalue weighted by Crippen LogP contribution is 2.26. The molecular formula is C21H26ClN3O4S. The minimum absolute atomic E-state index is 0.0206. The second kappa shape index (κ2) is 9.95. The number of hydrogen-bond donors (Lipinski definition) is 2. The van der Waals surface area contributed by atoms with E-state index >= 15 is 0 Å². The summed E-state index contributed by atoms with van der Waals surface area (Å²) in [4.78, 5) is 25.2. The van der Waals surface area contributed by atoms with Gasteiger partial charge in [-0.3, -0.25) is 13.9 Å². The van der Waals surface area contributed by atoms with E-state index in [4.69, 9.17) is 11.6 Å². The average Bonchev–Trinajstić information content (AvgIpc) is 2.67. The Morgan fingerprint density at radius 2 is 1.83 bits per heavy atom. The molecule has 2 amide bonds. The lowest BCUT2D eigenvalue weighted by molar-refractivity contribution is -0.114. The topological polar surface area (TPSA) is 95.6 Å². The number of sulfonamides is 1. The lowest BCUT2D eigenvalue weighted by atomic mass is 10.1. The normalized spacial score (nSPS) is 12.2. The number of nitrogens with zero attached hydrogens (tertiary/aromatic N) is 1. The number of nitrogens with one attached hydrogen (secondary N) is 2. The van der Waals surface area contributed by atoms with Gasteiger partial charge in [-0.05, 0) is 50.1 Å². The van der Waals surface area contributed by atoms with Crippen molar-refractivity contribution < 1.29 is 18.0 Å². The molecule has 2 aromatic rings. The van der Waals surface area contributed by atoms with Gasteiger partial charge in [0, 0.05) is 11.1 Å². The summed E-state index contributed by atoms with van der Waals surface area (Å²) >= 11 is 6.02. The average molecular weight is 452 g/mol. The number of carbonyl (C=O) groups is 2. The highest BCUT2D eigenvalue weighted by molar-refractivity contribution is 7.92. The van der Waals surface area contributed by atoms with Crippen LogP contribution in [0.2, 0.25) is 5.02 Å². The Morgan fingerprint density at radius 1 is 1.17 bits per heavy atom. The molecule has 0 heterocycles. The predicted octanol–water partition coefficient (Wildman–Crippen LogP) is 3.58. The first-order valence-corrected chi connectivity index (χ1v) is 11.7. The number of anilines is 2. The number of rotatable bonds is 8. The third-order valence-corrected chi connectivity index (χ3v) is 5.92. The van der Waals surface area contributed by atoms with E-state index in [0.717, 1.165) is 17.0 Å². The summed E-state index contributed by atoms with van der Waals surface area (Å²) in [5.74, 6) is -0.894. The molecule has 0 aromatic heterocycles. The van der Waals surface area contributed by atoms with E-state index in [1.165, 1.54) is 6.07 Å². The standard InChI is InChI=1S/C21H26ClN3O4S/c1-5-15(3)23-21(27)17-8-6-7-9-18(17)24-20(26)13-25(30(4,28)29)19-12-16(22)11-10-14(19)2/h6-12,15H,5,13H2,1-4H3,(H,23,27)(H,24,26)/t15-/m1/s1. The van der Waals surface area contributed by atoms with E-state index in [0.29, 0.717) is 27.5 Å². The zero-order chi connectivity index (χ0) is 22.5. The Bertz CT molecular complexity index is 1040. The molecule has 30 heavy (non-hydrogen) atoms. The number of para-hydroxylation sites is 1. The molecule has 0 spiro atoms. The third kappa shape index (κ3) is 6.21. The molecule has 0 aliphatic rings. The maximum atomic E-state index is 12.7. The van der Waals surface area contributed by atoms with Gasteiger partial charge in [-0.1, -0.05) is 36.7 Å². The molecule has 162 valence electrons. The third-order valence-electron chi connectivity index (χ3n) is 4.56. The van der Waals surface area contributed by atoms with E-state index in [2.05, 4.69) is 10.6 Å². The highest BCUT2D eigenvalue weighted by atomic mass is 35.5. The van der Waals surface area contributed by atoms with Gasteiger partial charge in [-0.2, -0.15) is 0 Å². The van der Waals surface area contributed by atoms with Crippen LogP contribution < -0.4 is 14.9 Å². The molecule has 0 aliphatic carbocycles. The van der Waals surface area contributed by atoms with Crippen molar-refractivity contribution in [3.05, 3.63) is 58.6 Å². The van der Waals surface area contributed by atoms with Gasteiger partial charge in [0.25, 0.3) is 5.91 Å². The van der Waals surface area contributed by atoms with Crippen LogP contribution in [0.4, 0.5) is 11.4 Å². The molecule has 1 atom stereocenters. The van der Waals surface area contributed by atoms with Crippen molar-refractivity contribution in [2.24, 2.45) is 0 Å². The quantitative estimate of drug-likeness (QED) is 0.641. The van der Waals surface area contributed by atoms with E-state index < -0.39 is 22.5 Å². The second-order valence-corrected chi connectivity index (χ2v) is 9.42. The molecule has 9 heteroatoms. The van der Waals surface area contributed by atoms with Crippen LogP contribution in [0.15, 0.2) is 42.5 Å². The highest BCUT2D eigenvalue weighted by Gasteiger charge is 2.23. The molecular weight excluding hydrogens is 426 g/mol. The van der Waals surface area contributed by atoms with E-state index in [1.807, 2.05) is 13.8 Å². The van der Waals surface area contributed by atoms with Gasteiger partial charge in [0.2, 0.25) is 15.9 Å². The van der Waals surface area contributed by atoms with Gasteiger partial charge < -0.3 is 10.6 Å². The maximum absolute atomic E-state index is 12.7. The molecule has 0 unspecified atom stereocenters. The van der Waals surface area contributed by atoms with Crippen LogP contribution in [-0.4, -0.2) is 39.1 Å². The predicted molar refractivity (Wildman–Crippen MR) is 121 cm³/mol. The zero-order valence-corrected chi connectivity index (χ0v) is 19.0. The fourth-order valence-electron chi connectivity index (χ4n) is 2.75. The summed E-state index contributed by atoms with van der Waals surface area (Å²) in [5.41, 5.74) is 1.59. The number of benzene rings is 2. The maximum Gasteiger partial charge on any atom is 0.253 e. The molecule has 2 rings (SSSR count). The number of hydrogen-bond acceptors (Lipinski definition) is 4. The van der Waals surface area contributed by atoms with Gasteiger partial charge in [-0.15, -0.1) is 0 Å². The monoisotopic (exact) mass is 451 g/mol. The number of halogens is 1. The SMILES string of the molecule is CC[C@@H](C)NC(=O)c1ccccc1NC(=O)CN(c1cc(Cl)ccc1C)S(C)(=O)=O. The molecule has 0 bridgehead atoms. The second-order valence-electron chi connectivity index (χ2n) is 7.08. The molecule has 0 aliphatic heterocycles. The van der Waals surface area contributed by atoms with Crippen LogP contribution in [0.25, 0.3) is 0 Å². The summed E-state index contributed by atoms with van der Waals surface area (Å²) in [5, 5.41) is 5.86. The van der Waals surface area contributed by atoms with Crippen molar-refractivity contribution >= 4 is 44.8 Å². The Kier molecular flexibility index (Phi) is 7.86. The Balaban J connectivity index is 2.27. The summed E-state index contributed by atoms with van der Waals surface area (Å²) in [7, 11) is -3.76. The lowest BCUT2D eigenvalue weighted by Crippen LogP contribution is -2.38. The molecule has 2 aromatic carbocycles. The Hall–Kier alpha value is -2.58. The van der Waals surface area contributed by atoms with E-state index in [-0.39, 0.29) is 11.9 Å². The van der Waals surface area contributed by atoms with Crippen LogP contribution in [0.5, 0.6) is 0 Å². The van der Waals surface area contributed by atoms with Crippen LogP contribution in [-0.2, 0) is 14.8 Å². The first kappa shape index (κ1) is 23.7. The first-order valence-electron chi connectivity index (χ1n) is 9.46. The van der Waals surface area contributed by atoms with E-state index in [9.17, 15) is 18.0 Å². The van der Waals surface area contributed by atoms with Crippen LogP contribution in [0, 0.1) is 6.92 Å². The molecule has 0 fully saturated rings. The number of carbonyl (C=O) groups excluding carboxylic acids is 2. The fourth-order valence-corrected chi connectivity index (χ4v) is 3.82. The van der Waals surface area contributed by atoms with Crippen molar-refractivity contribution in [3.63, 3.8) is 0 Å².